The number of ether oxygens (including phenoxy) is 2. The van der Waals surface area contributed by atoms with Crippen LogP contribution in [0.2, 0.25) is 0 Å². The van der Waals surface area contributed by atoms with E-state index in [2.05, 4.69) is 9.80 Å². The number of carbonyl (C=O) groups is 1. The van der Waals surface area contributed by atoms with Crippen molar-refractivity contribution in [2.24, 2.45) is 5.92 Å². The number of amides is 1. The molecule has 5 nitrogen and oxygen atoms in total. The predicted molar refractivity (Wildman–Crippen MR) is 110 cm³/mol. The Morgan fingerprint density at radius 2 is 1.68 bits per heavy atom. The number of carbonyl (C=O) groups excluding carboxylic acids is 1. The van der Waals surface area contributed by atoms with Crippen LogP contribution in [0.25, 0.3) is 0 Å². The molecule has 5 heteroatoms. The molecule has 0 N–H and O–H groups in total. The van der Waals surface area contributed by atoms with Gasteiger partial charge in [-0.05, 0) is 44.4 Å². The second kappa shape index (κ2) is 9.44. The Labute approximate surface area is 171 Å². The average Bonchev–Trinajstić information content (AvgIpc) is 3.24. The standard InChI is InChI=1S/C23H40N2O3/c1-27-15-16-28-21-18-25(23(21)11-5-2-6-12-23)20-9-13-24(14-10-20)22(26)17-19-7-3-4-8-19/h19-21H,2-18H2,1H3. The van der Waals surface area contributed by atoms with Gasteiger partial charge in [-0.3, -0.25) is 9.69 Å². The van der Waals surface area contributed by atoms with Gasteiger partial charge in [-0.25, -0.2) is 0 Å². The summed E-state index contributed by atoms with van der Waals surface area (Å²) in [5.74, 6) is 1.08. The summed E-state index contributed by atoms with van der Waals surface area (Å²) >= 11 is 0. The number of nitrogens with zero attached hydrogens (tertiary/aromatic N) is 2. The molecule has 0 radical (unpaired) electrons. The number of hydrogen-bond acceptors (Lipinski definition) is 4. The second-order valence-electron chi connectivity index (χ2n) is 9.64. The van der Waals surface area contributed by atoms with Crippen molar-refractivity contribution in [3.8, 4) is 0 Å². The smallest absolute Gasteiger partial charge is 0.222 e. The molecule has 1 atom stereocenters. The summed E-state index contributed by atoms with van der Waals surface area (Å²) in [4.78, 5) is 17.6. The Bertz CT molecular complexity index is 506. The van der Waals surface area contributed by atoms with Crippen molar-refractivity contribution in [3.63, 3.8) is 0 Å². The molecule has 2 saturated carbocycles. The van der Waals surface area contributed by atoms with Crippen LogP contribution in [0.3, 0.4) is 0 Å². The van der Waals surface area contributed by atoms with Crippen LogP contribution < -0.4 is 0 Å². The topological polar surface area (TPSA) is 42.0 Å². The maximum atomic E-state index is 12.7. The van der Waals surface area contributed by atoms with Gasteiger partial charge in [0, 0.05) is 44.7 Å². The first-order valence-electron chi connectivity index (χ1n) is 11.9. The van der Waals surface area contributed by atoms with E-state index in [1.54, 1.807) is 7.11 Å². The largest absolute Gasteiger partial charge is 0.382 e. The summed E-state index contributed by atoms with van der Waals surface area (Å²) in [7, 11) is 1.74. The van der Waals surface area contributed by atoms with Crippen molar-refractivity contribution in [3.05, 3.63) is 0 Å². The molecule has 2 aliphatic carbocycles. The fraction of sp³-hybridized carbons (Fsp3) is 0.957. The fourth-order valence-corrected chi connectivity index (χ4v) is 6.39. The highest BCUT2D eigenvalue weighted by atomic mass is 16.5. The third-order valence-corrected chi connectivity index (χ3v) is 8.06. The molecule has 1 amide bonds. The molecule has 1 spiro atoms. The Morgan fingerprint density at radius 3 is 2.36 bits per heavy atom. The van der Waals surface area contributed by atoms with E-state index in [-0.39, 0.29) is 5.54 Å². The van der Waals surface area contributed by atoms with Gasteiger partial charge in [-0.15, -0.1) is 0 Å². The Kier molecular flexibility index (Phi) is 6.95. The molecule has 2 saturated heterocycles. The fourth-order valence-electron chi connectivity index (χ4n) is 6.39. The minimum absolute atomic E-state index is 0.271. The van der Waals surface area contributed by atoms with Crippen LogP contribution in [-0.4, -0.2) is 73.3 Å². The van der Waals surface area contributed by atoms with Crippen LogP contribution >= 0.6 is 0 Å². The maximum absolute atomic E-state index is 12.7. The van der Waals surface area contributed by atoms with Crippen LogP contribution in [-0.2, 0) is 14.3 Å². The van der Waals surface area contributed by atoms with Gasteiger partial charge in [0.2, 0.25) is 5.91 Å². The van der Waals surface area contributed by atoms with Gasteiger partial charge in [-0.2, -0.15) is 0 Å². The molecule has 4 rings (SSSR count). The van der Waals surface area contributed by atoms with Crippen LogP contribution in [0.4, 0.5) is 0 Å². The lowest BCUT2D eigenvalue weighted by Gasteiger charge is -2.63. The van der Waals surface area contributed by atoms with Gasteiger partial charge in [0.1, 0.15) is 0 Å². The Morgan fingerprint density at radius 1 is 0.964 bits per heavy atom. The van der Waals surface area contributed by atoms with Crippen LogP contribution in [0.15, 0.2) is 0 Å². The summed E-state index contributed by atoms with van der Waals surface area (Å²) in [5.41, 5.74) is 0.271. The zero-order valence-corrected chi connectivity index (χ0v) is 17.9. The molecule has 28 heavy (non-hydrogen) atoms. The highest BCUT2D eigenvalue weighted by Gasteiger charge is 2.56. The first-order valence-corrected chi connectivity index (χ1v) is 11.9. The Hall–Kier alpha value is -0.650. The molecule has 0 aromatic rings. The van der Waals surface area contributed by atoms with Crippen molar-refractivity contribution < 1.29 is 14.3 Å². The maximum Gasteiger partial charge on any atom is 0.222 e. The normalized spacial score (nSPS) is 29.3. The molecule has 0 bridgehead atoms. The molecule has 0 aromatic heterocycles. The van der Waals surface area contributed by atoms with Crippen molar-refractivity contribution >= 4 is 5.91 Å². The first-order chi connectivity index (χ1) is 13.7. The molecule has 160 valence electrons. The van der Waals surface area contributed by atoms with E-state index in [4.69, 9.17) is 9.47 Å². The van der Waals surface area contributed by atoms with E-state index < -0.39 is 0 Å². The van der Waals surface area contributed by atoms with Crippen molar-refractivity contribution in [2.45, 2.75) is 94.7 Å². The molecule has 0 aromatic carbocycles. The van der Waals surface area contributed by atoms with Gasteiger partial charge >= 0.3 is 0 Å². The lowest BCUT2D eigenvalue weighted by Crippen LogP contribution is -2.75. The zero-order valence-electron chi connectivity index (χ0n) is 17.9. The van der Waals surface area contributed by atoms with E-state index in [1.165, 1.54) is 57.8 Å². The number of rotatable bonds is 7. The summed E-state index contributed by atoms with van der Waals surface area (Å²) in [6.07, 6.45) is 15.2. The van der Waals surface area contributed by atoms with Crippen molar-refractivity contribution in [2.75, 3.05) is 40.0 Å². The number of piperidine rings is 1. The molecular weight excluding hydrogens is 352 g/mol. The minimum atomic E-state index is 0.271. The molecule has 4 aliphatic rings. The highest BCUT2D eigenvalue weighted by molar-refractivity contribution is 5.76. The van der Waals surface area contributed by atoms with Gasteiger partial charge < -0.3 is 14.4 Å². The Balaban J connectivity index is 1.29. The van der Waals surface area contributed by atoms with Crippen LogP contribution in [0.5, 0.6) is 0 Å². The number of methoxy groups -OCH3 is 1. The van der Waals surface area contributed by atoms with E-state index >= 15 is 0 Å². The van der Waals surface area contributed by atoms with E-state index in [0.29, 0.717) is 37.2 Å². The number of hydrogen-bond donors (Lipinski definition) is 0. The van der Waals surface area contributed by atoms with Gasteiger partial charge in [-0.1, -0.05) is 32.1 Å². The lowest BCUT2D eigenvalue weighted by atomic mass is 9.69. The minimum Gasteiger partial charge on any atom is -0.382 e. The number of likely N-dealkylation sites (tertiary alicyclic amines) is 2. The van der Waals surface area contributed by atoms with E-state index in [1.807, 2.05) is 0 Å². The summed E-state index contributed by atoms with van der Waals surface area (Å²) in [5, 5.41) is 0. The molecular formula is C23H40N2O3. The summed E-state index contributed by atoms with van der Waals surface area (Å²) in [6, 6.07) is 0.635. The summed E-state index contributed by atoms with van der Waals surface area (Å²) < 4.78 is 11.4. The van der Waals surface area contributed by atoms with Gasteiger partial charge in [0.25, 0.3) is 0 Å². The predicted octanol–water partition coefficient (Wildman–Crippen LogP) is 3.61. The lowest BCUT2D eigenvalue weighted by molar-refractivity contribution is -0.204. The van der Waals surface area contributed by atoms with Crippen molar-refractivity contribution in [1.29, 1.82) is 0 Å². The zero-order chi connectivity index (χ0) is 19.4. The first kappa shape index (κ1) is 20.6. The molecule has 2 heterocycles. The van der Waals surface area contributed by atoms with E-state index in [9.17, 15) is 4.79 Å². The van der Waals surface area contributed by atoms with E-state index in [0.717, 1.165) is 38.9 Å². The van der Waals surface area contributed by atoms with Gasteiger partial charge in [0.15, 0.2) is 0 Å². The summed E-state index contributed by atoms with van der Waals surface area (Å²) in [6.45, 7) is 4.39. The molecule has 1 unspecified atom stereocenters. The third-order valence-electron chi connectivity index (χ3n) is 8.06. The van der Waals surface area contributed by atoms with Crippen molar-refractivity contribution in [1.82, 2.24) is 9.80 Å². The highest BCUT2D eigenvalue weighted by Crippen LogP contribution is 2.47. The third kappa shape index (κ3) is 4.27. The monoisotopic (exact) mass is 392 g/mol. The average molecular weight is 393 g/mol. The second-order valence-corrected chi connectivity index (χ2v) is 9.64. The SMILES string of the molecule is COCCOC1CN(C2CCN(C(=O)CC3CCCC3)CC2)C12CCCCC2. The molecule has 2 aliphatic heterocycles. The molecule has 4 fully saturated rings. The van der Waals surface area contributed by atoms with Crippen LogP contribution in [0, 0.1) is 5.92 Å². The quantitative estimate of drug-likeness (QED) is 0.621. The van der Waals surface area contributed by atoms with Crippen LogP contribution in [0.1, 0.15) is 77.0 Å². The van der Waals surface area contributed by atoms with Gasteiger partial charge in [0.05, 0.1) is 19.3 Å².